The minimum Gasteiger partial charge on any atom is -0.487 e. The number of pyridine rings is 1. The molecule has 0 aliphatic heterocycles. The predicted molar refractivity (Wildman–Crippen MR) is 176 cm³/mol. The van der Waals surface area contributed by atoms with E-state index in [-0.39, 0.29) is 42.4 Å². The fourth-order valence-electron chi connectivity index (χ4n) is 4.10. The largest absolute Gasteiger partial charge is 0.487 e. The Balaban J connectivity index is 0.00000506. The third kappa shape index (κ3) is 8.26. The number of rotatable bonds is 9. The molecule has 224 valence electrons. The number of anilines is 2. The lowest BCUT2D eigenvalue weighted by atomic mass is 10.1. The molecule has 0 unspecified atom stereocenters. The highest BCUT2D eigenvalue weighted by Gasteiger charge is 2.19. The molecule has 0 bridgehead atoms. The van der Waals surface area contributed by atoms with Crippen LogP contribution in [0.1, 0.15) is 23.7 Å². The molecule has 11 heteroatoms. The lowest BCUT2D eigenvalue weighted by molar-refractivity contribution is -0.122. The summed E-state index contributed by atoms with van der Waals surface area (Å²) in [7, 11) is 3.26. The van der Waals surface area contributed by atoms with E-state index in [1.165, 1.54) is 22.8 Å². The van der Waals surface area contributed by atoms with Gasteiger partial charge in [0.25, 0.3) is 0 Å². The zero-order valence-electron chi connectivity index (χ0n) is 24.1. The van der Waals surface area contributed by atoms with Crippen molar-refractivity contribution >= 4 is 81.7 Å². The number of nitrogens with zero attached hydrogens (tertiary/aromatic N) is 3. The predicted octanol–water partition coefficient (Wildman–Crippen LogP) is 6.63. The van der Waals surface area contributed by atoms with Gasteiger partial charge in [0.05, 0.1) is 17.3 Å². The first-order valence-electron chi connectivity index (χ1n) is 13.1. The first kappa shape index (κ1) is 33.4. The Hall–Kier alpha value is -4.11. The van der Waals surface area contributed by atoms with Crippen molar-refractivity contribution in [1.82, 2.24) is 10.3 Å². The highest BCUT2D eigenvalue weighted by atomic mass is 35.5. The van der Waals surface area contributed by atoms with Gasteiger partial charge in [-0.25, -0.2) is 4.98 Å². The number of hydrogen-bond donors (Lipinski definition) is 1. The summed E-state index contributed by atoms with van der Waals surface area (Å²) in [6.07, 6.45) is 2.96. The van der Waals surface area contributed by atoms with Gasteiger partial charge < -0.3 is 19.9 Å². The lowest BCUT2D eigenvalue weighted by Crippen LogP contribution is -2.37. The molecule has 0 aliphatic carbocycles. The van der Waals surface area contributed by atoms with Gasteiger partial charge in [-0.05, 0) is 55.0 Å². The van der Waals surface area contributed by atoms with Crippen molar-refractivity contribution < 1.29 is 19.1 Å². The maximum absolute atomic E-state index is 12.9. The number of carbonyl (C=O) groups is 3. The molecule has 0 spiro atoms. The number of aryl methyl sites for hydroxylation is 1. The average Bonchev–Trinajstić information content (AvgIpc) is 2.98. The van der Waals surface area contributed by atoms with Gasteiger partial charge in [-0.1, -0.05) is 53.5 Å². The smallest absolute Gasteiger partial charge is 0.246 e. The van der Waals surface area contributed by atoms with Crippen LogP contribution in [-0.2, 0) is 21.0 Å². The Bertz CT molecular complexity index is 1680. The second-order valence-electron chi connectivity index (χ2n) is 9.60. The number of benzene rings is 3. The van der Waals surface area contributed by atoms with Crippen molar-refractivity contribution in [3.8, 4) is 5.75 Å². The second kappa shape index (κ2) is 14.9. The quantitative estimate of drug-likeness (QED) is 0.207. The van der Waals surface area contributed by atoms with Crippen LogP contribution in [0, 0.1) is 6.92 Å². The fraction of sp³-hybridized carbons (Fsp3) is 0.188. The van der Waals surface area contributed by atoms with E-state index in [0.29, 0.717) is 22.0 Å². The average molecular weight is 642 g/mol. The Morgan fingerprint density at radius 2 is 1.67 bits per heavy atom. The molecule has 3 amide bonds. The summed E-state index contributed by atoms with van der Waals surface area (Å²) >= 11 is 13.2. The molecule has 0 saturated heterocycles. The Morgan fingerprint density at radius 1 is 0.953 bits per heavy atom. The van der Waals surface area contributed by atoms with Crippen LogP contribution >= 0.6 is 35.6 Å². The molecule has 4 rings (SSSR count). The standard InChI is InChI=1S/C32H30Cl2N4O4.ClH/c1-20-8-12-23-6-5-7-28(32(23)36-20)42-19-25-26(33)15-16-27(31(25)34)38(4)30(41)18-35-29(40)17-11-22-9-13-24(14-10-22)37(3)21(2)39;/h5-17H,18-19H2,1-4H3,(H,35,40);1H/b17-11+;. The first-order chi connectivity index (χ1) is 20.0. The maximum atomic E-state index is 12.9. The Labute approximate surface area is 266 Å². The molecule has 3 aromatic carbocycles. The molecule has 1 aromatic heterocycles. The van der Waals surface area contributed by atoms with E-state index in [1.54, 1.807) is 56.6 Å². The highest BCUT2D eigenvalue weighted by molar-refractivity contribution is 6.38. The summed E-state index contributed by atoms with van der Waals surface area (Å²) in [5.74, 6) is -0.298. The highest BCUT2D eigenvalue weighted by Crippen LogP contribution is 2.35. The van der Waals surface area contributed by atoms with Gasteiger partial charge >= 0.3 is 0 Å². The summed E-state index contributed by atoms with van der Waals surface area (Å²) in [4.78, 5) is 44.2. The van der Waals surface area contributed by atoms with Crippen molar-refractivity contribution in [2.75, 3.05) is 30.4 Å². The molecule has 4 aromatic rings. The van der Waals surface area contributed by atoms with Crippen molar-refractivity contribution in [1.29, 1.82) is 0 Å². The monoisotopic (exact) mass is 640 g/mol. The zero-order chi connectivity index (χ0) is 30.4. The van der Waals surface area contributed by atoms with Crippen LogP contribution in [0.15, 0.2) is 72.8 Å². The van der Waals surface area contributed by atoms with Crippen LogP contribution in [0.3, 0.4) is 0 Å². The second-order valence-corrected chi connectivity index (χ2v) is 10.4. The minimum atomic E-state index is -0.433. The number of carbonyl (C=O) groups excluding carboxylic acids is 3. The fourth-order valence-corrected chi connectivity index (χ4v) is 4.70. The van der Waals surface area contributed by atoms with E-state index >= 15 is 0 Å². The first-order valence-corrected chi connectivity index (χ1v) is 13.8. The summed E-state index contributed by atoms with van der Waals surface area (Å²) in [5.41, 5.74) is 4.06. The third-order valence-corrected chi connectivity index (χ3v) is 7.47. The molecular formula is C32H31Cl3N4O4. The van der Waals surface area contributed by atoms with Gasteiger partial charge in [0, 0.05) is 54.4 Å². The zero-order valence-corrected chi connectivity index (χ0v) is 26.4. The number of nitrogens with one attached hydrogen (secondary N) is 1. The van der Waals surface area contributed by atoms with Gasteiger partial charge in [-0.2, -0.15) is 0 Å². The Morgan fingerprint density at radius 3 is 2.37 bits per heavy atom. The third-order valence-electron chi connectivity index (χ3n) is 6.69. The maximum Gasteiger partial charge on any atom is 0.246 e. The molecule has 0 atom stereocenters. The van der Waals surface area contributed by atoms with Crippen LogP contribution in [0.5, 0.6) is 5.75 Å². The molecule has 1 heterocycles. The van der Waals surface area contributed by atoms with Crippen LogP contribution in [0.25, 0.3) is 17.0 Å². The van der Waals surface area contributed by atoms with E-state index < -0.39 is 5.91 Å². The molecule has 8 nitrogen and oxygen atoms in total. The van der Waals surface area contributed by atoms with E-state index in [4.69, 9.17) is 27.9 Å². The van der Waals surface area contributed by atoms with Crippen molar-refractivity contribution in [3.05, 3.63) is 99.7 Å². The normalized spacial score (nSPS) is 10.7. The molecule has 0 fully saturated rings. The van der Waals surface area contributed by atoms with Crippen LogP contribution in [0.2, 0.25) is 10.0 Å². The Kier molecular flexibility index (Phi) is 11.5. The molecular weight excluding hydrogens is 611 g/mol. The van der Waals surface area contributed by atoms with Crippen molar-refractivity contribution in [3.63, 3.8) is 0 Å². The number of para-hydroxylation sites is 1. The van der Waals surface area contributed by atoms with E-state index in [2.05, 4.69) is 10.3 Å². The molecule has 43 heavy (non-hydrogen) atoms. The van der Waals surface area contributed by atoms with Gasteiger partial charge in [0.2, 0.25) is 17.7 Å². The van der Waals surface area contributed by atoms with Crippen molar-refractivity contribution in [2.45, 2.75) is 20.5 Å². The lowest BCUT2D eigenvalue weighted by Gasteiger charge is -2.21. The number of amides is 3. The molecule has 0 radical (unpaired) electrons. The molecule has 0 saturated carbocycles. The van der Waals surface area contributed by atoms with Gasteiger partial charge in [-0.15, -0.1) is 12.4 Å². The van der Waals surface area contributed by atoms with Crippen LogP contribution in [-0.4, -0.2) is 43.3 Å². The van der Waals surface area contributed by atoms with Crippen molar-refractivity contribution in [2.24, 2.45) is 0 Å². The topological polar surface area (TPSA) is 91.8 Å². The van der Waals surface area contributed by atoms with Crippen LogP contribution in [0.4, 0.5) is 11.4 Å². The minimum absolute atomic E-state index is 0. The number of hydrogen-bond acceptors (Lipinski definition) is 5. The number of fused-ring (bicyclic) bond motifs is 1. The summed E-state index contributed by atoms with van der Waals surface area (Å²) < 4.78 is 6.07. The number of aromatic nitrogens is 1. The molecule has 1 N–H and O–H groups in total. The summed E-state index contributed by atoms with van der Waals surface area (Å²) in [6.45, 7) is 3.22. The number of ether oxygens (including phenoxy) is 1. The van der Waals surface area contributed by atoms with Crippen LogP contribution < -0.4 is 19.9 Å². The number of likely N-dealkylation sites (N-methyl/N-ethyl adjacent to an activating group) is 1. The van der Waals surface area contributed by atoms with Gasteiger partial charge in [0.15, 0.2) is 0 Å². The van der Waals surface area contributed by atoms with Gasteiger partial charge in [0.1, 0.15) is 17.9 Å². The van der Waals surface area contributed by atoms with E-state index in [0.717, 1.165) is 27.8 Å². The summed E-state index contributed by atoms with van der Waals surface area (Å²) in [5, 5.41) is 4.20. The van der Waals surface area contributed by atoms with E-state index in [1.807, 2.05) is 37.3 Å². The van der Waals surface area contributed by atoms with Gasteiger partial charge in [-0.3, -0.25) is 14.4 Å². The molecule has 0 aliphatic rings. The number of halogens is 3. The van der Waals surface area contributed by atoms with E-state index in [9.17, 15) is 14.4 Å². The summed E-state index contributed by atoms with van der Waals surface area (Å²) in [6, 6.07) is 20.0. The SMILES string of the molecule is CC(=O)N(C)c1ccc(/C=C/C(=O)NCC(=O)N(C)c2ccc(Cl)c(COc3cccc4ccc(C)nc34)c2Cl)cc1.Cl.